The first-order valence-corrected chi connectivity index (χ1v) is 5.51. The van der Waals surface area contributed by atoms with Crippen LogP contribution < -0.4 is 10.1 Å². The molecule has 78 valence electrons. The van der Waals surface area contributed by atoms with Crippen molar-refractivity contribution in [1.82, 2.24) is 19.7 Å². The van der Waals surface area contributed by atoms with Gasteiger partial charge in [0.2, 0.25) is 5.95 Å². The highest BCUT2D eigenvalue weighted by Gasteiger charge is 2.32. The molecule has 1 aliphatic rings. The summed E-state index contributed by atoms with van der Waals surface area (Å²) in [7, 11) is 0. The maximum absolute atomic E-state index is 5.21. The number of ether oxygens (including phenoxy) is 1. The Labute approximate surface area is 89.9 Å². The van der Waals surface area contributed by atoms with E-state index in [0.29, 0.717) is 12.6 Å². The van der Waals surface area contributed by atoms with Crippen molar-refractivity contribution >= 4 is 17.3 Å². The molecule has 1 N–H and O–H groups in total. The summed E-state index contributed by atoms with van der Waals surface area (Å²) in [6.07, 6.45) is 1.79. The van der Waals surface area contributed by atoms with Gasteiger partial charge in [-0.05, 0) is 6.92 Å². The lowest BCUT2D eigenvalue weighted by Gasteiger charge is -2.26. The van der Waals surface area contributed by atoms with Crippen LogP contribution in [0.3, 0.4) is 0 Å². The molecule has 1 aliphatic heterocycles. The van der Waals surface area contributed by atoms with Crippen molar-refractivity contribution in [2.24, 2.45) is 0 Å². The van der Waals surface area contributed by atoms with Crippen molar-refractivity contribution < 1.29 is 4.74 Å². The van der Waals surface area contributed by atoms with Crippen LogP contribution in [0, 0.1) is 0 Å². The first-order valence-electron chi connectivity index (χ1n) is 4.63. The van der Waals surface area contributed by atoms with Gasteiger partial charge in [0.15, 0.2) is 6.17 Å². The molecule has 0 spiro atoms. The van der Waals surface area contributed by atoms with E-state index in [9.17, 15) is 0 Å². The molecule has 1 atom stereocenters. The molecule has 2 aromatic rings. The summed E-state index contributed by atoms with van der Waals surface area (Å²) >= 11 is 1.59. The number of thiazole rings is 1. The molecular weight excluding hydrogens is 214 g/mol. The average molecular weight is 223 g/mol. The number of hydrogen-bond donors (Lipinski definition) is 1. The molecule has 0 bridgehead atoms. The van der Waals surface area contributed by atoms with E-state index in [1.165, 1.54) is 0 Å². The van der Waals surface area contributed by atoms with E-state index < -0.39 is 0 Å². The second-order valence-corrected chi connectivity index (χ2v) is 3.94. The van der Waals surface area contributed by atoms with E-state index >= 15 is 0 Å². The predicted molar refractivity (Wildman–Crippen MR) is 55.1 cm³/mol. The van der Waals surface area contributed by atoms with Gasteiger partial charge in [-0.3, -0.25) is 0 Å². The summed E-state index contributed by atoms with van der Waals surface area (Å²) < 4.78 is 6.99. The topological polar surface area (TPSA) is 64.9 Å². The van der Waals surface area contributed by atoms with E-state index in [0.717, 1.165) is 11.0 Å². The molecule has 0 aromatic carbocycles. The van der Waals surface area contributed by atoms with E-state index in [1.54, 1.807) is 22.2 Å². The van der Waals surface area contributed by atoms with Gasteiger partial charge in [-0.25, -0.2) is 4.98 Å². The molecule has 0 radical (unpaired) electrons. The maximum Gasteiger partial charge on any atom is 0.337 e. The van der Waals surface area contributed by atoms with Gasteiger partial charge in [0.1, 0.15) is 5.01 Å². The highest BCUT2D eigenvalue weighted by Crippen LogP contribution is 2.33. The molecule has 0 fully saturated rings. The lowest BCUT2D eigenvalue weighted by atomic mass is 10.4. The Morgan fingerprint density at radius 1 is 1.67 bits per heavy atom. The summed E-state index contributed by atoms with van der Waals surface area (Å²) in [6, 6.07) is 0.416. The summed E-state index contributed by atoms with van der Waals surface area (Å²) in [5.41, 5.74) is 0. The van der Waals surface area contributed by atoms with Crippen LogP contribution in [-0.4, -0.2) is 26.4 Å². The molecule has 2 aromatic heterocycles. The van der Waals surface area contributed by atoms with E-state index in [2.05, 4.69) is 20.4 Å². The number of nitrogens with one attached hydrogen (secondary N) is 1. The lowest BCUT2D eigenvalue weighted by Crippen LogP contribution is -2.32. The van der Waals surface area contributed by atoms with Gasteiger partial charge < -0.3 is 10.1 Å². The van der Waals surface area contributed by atoms with Gasteiger partial charge in [-0.1, -0.05) is 0 Å². The molecule has 15 heavy (non-hydrogen) atoms. The summed E-state index contributed by atoms with van der Waals surface area (Å²) in [5, 5.41) is 10.3. The zero-order chi connectivity index (χ0) is 10.3. The maximum atomic E-state index is 5.21. The van der Waals surface area contributed by atoms with Crippen molar-refractivity contribution in [3.63, 3.8) is 0 Å². The number of anilines is 1. The zero-order valence-electron chi connectivity index (χ0n) is 8.04. The van der Waals surface area contributed by atoms with Crippen molar-refractivity contribution in [2.45, 2.75) is 13.1 Å². The third-order valence-electron chi connectivity index (χ3n) is 2.08. The number of rotatable bonds is 3. The second kappa shape index (κ2) is 3.20. The highest BCUT2D eigenvalue weighted by atomic mass is 32.1. The van der Waals surface area contributed by atoms with Crippen LogP contribution in [0.1, 0.15) is 18.1 Å². The van der Waals surface area contributed by atoms with Gasteiger partial charge in [0, 0.05) is 11.6 Å². The first-order chi connectivity index (χ1) is 7.38. The van der Waals surface area contributed by atoms with Crippen molar-refractivity contribution in [2.75, 3.05) is 11.9 Å². The minimum Gasteiger partial charge on any atom is -0.463 e. The first kappa shape index (κ1) is 8.66. The molecule has 0 amide bonds. The largest absolute Gasteiger partial charge is 0.463 e. The summed E-state index contributed by atoms with van der Waals surface area (Å²) in [6.45, 7) is 2.48. The van der Waals surface area contributed by atoms with E-state index in [-0.39, 0.29) is 6.17 Å². The standard InChI is InChI=1S/C8H9N5OS/c1-2-14-8-11-7-10-5(13(7)12-8)6-9-3-4-15-6/h3-5H,2H2,1H3,(H,10,11,12). The van der Waals surface area contributed by atoms with Crippen LogP contribution in [0.25, 0.3) is 0 Å². The second-order valence-electron chi connectivity index (χ2n) is 3.01. The lowest BCUT2D eigenvalue weighted by molar-refractivity contribution is 0.309. The smallest absolute Gasteiger partial charge is 0.337 e. The number of hydrogen-bond acceptors (Lipinski definition) is 6. The van der Waals surface area contributed by atoms with Gasteiger partial charge in [-0.2, -0.15) is 9.67 Å². The SMILES string of the molecule is CCOc1nc2n(n1)C(c1nccs1)N2. The number of nitrogens with zero attached hydrogens (tertiary/aromatic N) is 4. The van der Waals surface area contributed by atoms with Crippen LogP contribution in [0.5, 0.6) is 6.01 Å². The normalized spacial score (nSPS) is 17.8. The van der Waals surface area contributed by atoms with Crippen molar-refractivity contribution in [3.05, 3.63) is 16.6 Å². The van der Waals surface area contributed by atoms with Crippen LogP contribution in [0.15, 0.2) is 11.6 Å². The van der Waals surface area contributed by atoms with Crippen LogP contribution >= 0.6 is 11.3 Å². The fourth-order valence-corrected chi connectivity index (χ4v) is 2.10. The van der Waals surface area contributed by atoms with E-state index in [1.807, 2.05) is 12.3 Å². The third kappa shape index (κ3) is 1.27. The quantitative estimate of drug-likeness (QED) is 0.844. The number of aromatic nitrogens is 4. The zero-order valence-corrected chi connectivity index (χ0v) is 8.86. The monoisotopic (exact) mass is 223 g/mol. The van der Waals surface area contributed by atoms with Gasteiger partial charge >= 0.3 is 6.01 Å². The fraction of sp³-hybridized carbons (Fsp3) is 0.375. The molecular formula is C8H9N5OS. The Morgan fingerprint density at radius 3 is 3.33 bits per heavy atom. The van der Waals surface area contributed by atoms with Crippen molar-refractivity contribution in [1.29, 1.82) is 0 Å². The molecule has 0 saturated heterocycles. The van der Waals surface area contributed by atoms with Crippen molar-refractivity contribution in [3.8, 4) is 6.01 Å². The predicted octanol–water partition coefficient (Wildman–Crippen LogP) is 1.11. The molecule has 7 heteroatoms. The third-order valence-corrected chi connectivity index (χ3v) is 2.91. The van der Waals surface area contributed by atoms with Gasteiger partial charge in [-0.15, -0.1) is 16.4 Å². The minimum absolute atomic E-state index is 0.0155. The molecule has 3 heterocycles. The Bertz CT molecular complexity index is 465. The Morgan fingerprint density at radius 2 is 2.60 bits per heavy atom. The molecule has 0 aliphatic carbocycles. The van der Waals surface area contributed by atoms with Gasteiger partial charge in [0.05, 0.1) is 6.61 Å². The van der Waals surface area contributed by atoms with Crippen LogP contribution in [-0.2, 0) is 0 Å². The fourth-order valence-electron chi connectivity index (χ4n) is 1.43. The molecule has 0 saturated carbocycles. The van der Waals surface area contributed by atoms with Crippen LogP contribution in [0.4, 0.5) is 5.95 Å². The minimum atomic E-state index is 0.0155. The molecule has 3 rings (SSSR count). The molecule has 1 unspecified atom stereocenters. The highest BCUT2D eigenvalue weighted by molar-refractivity contribution is 7.09. The Balaban J connectivity index is 1.87. The van der Waals surface area contributed by atoms with Crippen LogP contribution in [0.2, 0.25) is 0 Å². The van der Waals surface area contributed by atoms with E-state index in [4.69, 9.17) is 4.74 Å². The summed E-state index contributed by atoms with van der Waals surface area (Å²) in [4.78, 5) is 8.36. The Hall–Kier alpha value is -1.63. The average Bonchev–Trinajstić information content (AvgIpc) is 2.80. The molecule has 6 nitrogen and oxygen atoms in total. The van der Waals surface area contributed by atoms with Gasteiger partial charge in [0.25, 0.3) is 0 Å². The Kier molecular flexibility index (Phi) is 1.84. The number of fused-ring (bicyclic) bond motifs is 1. The summed E-state index contributed by atoms with van der Waals surface area (Å²) in [5.74, 6) is 0.735.